The molecular formula is C21H28N4O4S. The molecule has 0 amide bonds. The first-order valence-corrected chi connectivity index (χ1v) is 11.2. The van der Waals surface area contributed by atoms with Gasteiger partial charge in [-0.1, -0.05) is 18.2 Å². The highest BCUT2D eigenvalue weighted by Crippen LogP contribution is 2.27. The Labute approximate surface area is 177 Å². The van der Waals surface area contributed by atoms with Crippen molar-refractivity contribution in [3.8, 4) is 11.5 Å². The Kier molecular flexibility index (Phi) is 7.17. The van der Waals surface area contributed by atoms with Gasteiger partial charge in [0, 0.05) is 19.6 Å². The summed E-state index contributed by atoms with van der Waals surface area (Å²) in [6.07, 6.45) is 1.84. The highest BCUT2D eigenvalue weighted by Gasteiger charge is 2.26. The molecule has 1 fully saturated rings. The summed E-state index contributed by atoms with van der Waals surface area (Å²) in [7, 11) is -0.216. The number of aliphatic imine (C=N–C) groups is 1. The van der Waals surface area contributed by atoms with Gasteiger partial charge in [-0.05, 0) is 48.2 Å². The molecule has 0 bridgehead atoms. The van der Waals surface area contributed by atoms with Gasteiger partial charge in [0.15, 0.2) is 17.5 Å². The lowest BCUT2D eigenvalue weighted by Gasteiger charge is -2.15. The van der Waals surface area contributed by atoms with Crippen molar-refractivity contribution in [2.24, 2.45) is 10.7 Å². The molecule has 1 aliphatic heterocycles. The lowest BCUT2D eigenvalue weighted by Crippen LogP contribution is -2.31. The number of hydrogen-bond donors (Lipinski definition) is 2. The van der Waals surface area contributed by atoms with E-state index in [4.69, 9.17) is 15.2 Å². The van der Waals surface area contributed by atoms with Crippen molar-refractivity contribution in [1.29, 1.82) is 0 Å². The summed E-state index contributed by atoms with van der Waals surface area (Å²) in [5, 5.41) is 3.05. The summed E-state index contributed by atoms with van der Waals surface area (Å²) in [5.74, 6) is 1.60. The Bertz CT molecular complexity index is 985. The van der Waals surface area contributed by atoms with Crippen molar-refractivity contribution >= 4 is 16.0 Å². The summed E-state index contributed by atoms with van der Waals surface area (Å²) < 4.78 is 37.2. The number of ether oxygens (including phenoxy) is 2. The predicted molar refractivity (Wildman–Crippen MR) is 116 cm³/mol. The standard InChI is InChI=1S/C21H28N4O4S/c1-28-19-10-7-17(13-20(19)29-2)15-24-21(22)23-14-16-5-8-18(9-6-16)30(26,27)25-11-3-4-12-25/h5-10,13H,3-4,11-12,14-15H2,1-2H3,(H3,22,23,24). The SMILES string of the molecule is COc1ccc(CN=C(N)NCc2ccc(S(=O)(=O)N3CCCC3)cc2)cc1OC. The number of hydrogen-bond acceptors (Lipinski definition) is 5. The van der Waals surface area contributed by atoms with Crippen LogP contribution >= 0.6 is 0 Å². The van der Waals surface area contributed by atoms with Crippen LogP contribution in [0.4, 0.5) is 0 Å². The molecule has 0 aromatic heterocycles. The van der Waals surface area contributed by atoms with Gasteiger partial charge in [-0.25, -0.2) is 13.4 Å². The maximum atomic E-state index is 12.6. The van der Waals surface area contributed by atoms with Crippen LogP contribution in [-0.2, 0) is 23.1 Å². The van der Waals surface area contributed by atoms with Crippen molar-refractivity contribution in [3.05, 3.63) is 53.6 Å². The monoisotopic (exact) mass is 432 g/mol. The number of sulfonamides is 1. The molecule has 9 heteroatoms. The molecule has 1 heterocycles. The fourth-order valence-corrected chi connectivity index (χ4v) is 4.78. The van der Waals surface area contributed by atoms with Crippen LogP contribution in [0.5, 0.6) is 11.5 Å². The topological polar surface area (TPSA) is 106 Å². The predicted octanol–water partition coefficient (Wildman–Crippen LogP) is 2.09. The van der Waals surface area contributed by atoms with Crippen molar-refractivity contribution in [2.75, 3.05) is 27.3 Å². The van der Waals surface area contributed by atoms with Crippen molar-refractivity contribution < 1.29 is 17.9 Å². The third-order valence-electron chi connectivity index (χ3n) is 4.98. The summed E-state index contributed by atoms with van der Waals surface area (Å²) in [6.45, 7) is 2.04. The van der Waals surface area contributed by atoms with Crippen LogP contribution in [0.15, 0.2) is 52.4 Å². The molecule has 0 radical (unpaired) electrons. The molecule has 0 unspecified atom stereocenters. The van der Waals surface area contributed by atoms with E-state index in [0.29, 0.717) is 48.5 Å². The first-order valence-electron chi connectivity index (χ1n) is 9.78. The van der Waals surface area contributed by atoms with Crippen LogP contribution in [0.2, 0.25) is 0 Å². The summed E-state index contributed by atoms with van der Waals surface area (Å²) >= 11 is 0. The number of benzene rings is 2. The minimum absolute atomic E-state index is 0.304. The Morgan fingerprint density at radius 3 is 2.30 bits per heavy atom. The molecule has 2 aromatic rings. The van der Waals surface area contributed by atoms with Crippen LogP contribution < -0.4 is 20.5 Å². The van der Waals surface area contributed by atoms with E-state index in [-0.39, 0.29) is 0 Å². The first-order chi connectivity index (χ1) is 14.4. The van der Waals surface area contributed by atoms with Crippen molar-refractivity contribution in [1.82, 2.24) is 9.62 Å². The Morgan fingerprint density at radius 1 is 1.03 bits per heavy atom. The van der Waals surface area contributed by atoms with Crippen molar-refractivity contribution in [2.45, 2.75) is 30.8 Å². The average molecular weight is 433 g/mol. The second kappa shape index (κ2) is 9.82. The Morgan fingerprint density at radius 2 is 1.67 bits per heavy atom. The number of rotatable bonds is 8. The van der Waals surface area contributed by atoms with E-state index >= 15 is 0 Å². The smallest absolute Gasteiger partial charge is 0.243 e. The third kappa shape index (κ3) is 5.22. The molecule has 30 heavy (non-hydrogen) atoms. The Balaban J connectivity index is 1.56. The number of methoxy groups -OCH3 is 2. The minimum atomic E-state index is -3.39. The molecule has 0 atom stereocenters. The van der Waals surface area contributed by atoms with Gasteiger partial charge in [0.2, 0.25) is 10.0 Å². The summed E-state index contributed by atoms with van der Waals surface area (Å²) in [6, 6.07) is 12.4. The lowest BCUT2D eigenvalue weighted by atomic mass is 10.2. The second-order valence-electron chi connectivity index (χ2n) is 7.00. The van der Waals surface area contributed by atoms with Crippen LogP contribution in [0.3, 0.4) is 0 Å². The number of nitrogens with two attached hydrogens (primary N) is 1. The van der Waals surface area contributed by atoms with Gasteiger partial charge in [-0.2, -0.15) is 4.31 Å². The van der Waals surface area contributed by atoms with Gasteiger partial charge in [0.05, 0.1) is 25.7 Å². The van der Waals surface area contributed by atoms with E-state index in [1.165, 1.54) is 0 Å². The molecular weight excluding hydrogens is 404 g/mol. The molecule has 2 aromatic carbocycles. The van der Waals surface area contributed by atoms with E-state index in [9.17, 15) is 8.42 Å². The maximum Gasteiger partial charge on any atom is 0.243 e. The van der Waals surface area contributed by atoms with Gasteiger partial charge in [-0.15, -0.1) is 0 Å². The van der Waals surface area contributed by atoms with E-state index in [0.717, 1.165) is 24.0 Å². The van der Waals surface area contributed by atoms with Crippen LogP contribution in [0.25, 0.3) is 0 Å². The minimum Gasteiger partial charge on any atom is -0.493 e. The molecule has 162 valence electrons. The molecule has 1 saturated heterocycles. The molecule has 0 aliphatic carbocycles. The lowest BCUT2D eigenvalue weighted by molar-refractivity contribution is 0.354. The molecule has 1 aliphatic rings. The van der Waals surface area contributed by atoms with Crippen LogP contribution in [-0.4, -0.2) is 46.0 Å². The largest absolute Gasteiger partial charge is 0.493 e. The highest BCUT2D eigenvalue weighted by molar-refractivity contribution is 7.89. The molecule has 3 N–H and O–H groups in total. The molecule has 8 nitrogen and oxygen atoms in total. The number of nitrogens with one attached hydrogen (secondary N) is 1. The highest BCUT2D eigenvalue weighted by atomic mass is 32.2. The second-order valence-corrected chi connectivity index (χ2v) is 8.94. The van der Waals surface area contributed by atoms with Crippen LogP contribution in [0, 0.1) is 0 Å². The fourth-order valence-electron chi connectivity index (χ4n) is 3.26. The van der Waals surface area contributed by atoms with Gasteiger partial charge in [-0.3, -0.25) is 0 Å². The van der Waals surface area contributed by atoms with E-state index < -0.39 is 10.0 Å². The Hall–Kier alpha value is -2.78. The van der Waals surface area contributed by atoms with Gasteiger partial charge in [0.25, 0.3) is 0 Å². The fraction of sp³-hybridized carbons (Fsp3) is 0.381. The quantitative estimate of drug-likeness (QED) is 0.489. The summed E-state index contributed by atoms with van der Waals surface area (Å²) in [5.41, 5.74) is 7.81. The van der Waals surface area contributed by atoms with Gasteiger partial charge in [0.1, 0.15) is 0 Å². The number of guanidine groups is 1. The molecule has 0 saturated carbocycles. The van der Waals surface area contributed by atoms with Gasteiger partial charge < -0.3 is 20.5 Å². The maximum absolute atomic E-state index is 12.6. The normalized spacial score (nSPS) is 15.2. The van der Waals surface area contributed by atoms with E-state index in [2.05, 4.69) is 10.3 Å². The molecule has 0 spiro atoms. The third-order valence-corrected chi connectivity index (χ3v) is 6.89. The zero-order valence-corrected chi connectivity index (χ0v) is 18.1. The molecule has 3 rings (SSSR count). The van der Waals surface area contributed by atoms with Crippen molar-refractivity contribution in [3.63, 3.8) is 0 Å². The average Bonchev–Trinajstić information content (AvgIpc) is 3.32. The number of nitrogens with zero attached hydrogens (tertiary/aromatic N) is 2. The zero-order valence-electron chi connectivity index (χ0n) is 17.3. The zero-order chi connectivity index (χ0) is 21.6. The summed E-state index contributed by atoms with van der Waals surface area (Å²) in [4.78, 5) is 4.66. The van der Waals surface area contributed by atoms with Crippen LogP contribution in [0.1, 0.15) is 24.0 Å². The van der Waals surface area contributed by atoms with Gasteiger partial charge >= 0.3 is 0 Å². The van der Waals surface area contributed by atoms with E-state index in [1.54, 1.807) is 42.8 Å². The van der Waals surface area contributed by atoms with E-state index in [1.807, 2.05) is 18.2 Å². The first kappa shape index (κ1) is 21.9.